The van der Waals surface area contributed by atoms with Gasteiger partial charge in [-0.1, -0.05) is 47.3 Å². The van der Waals surface area contributed by atoms with Crippen molar-refractivity contribution < 1.29 is 0 Å². The molecule has 1 unspecified atom stereocenters. The van der Waals surface area contributed by atoms with Crippen LogP contribution in [-0.2, 0) is 6.42 Å². The first kappa shape index (κ1) is 12.4. The van der Waals surface area contributed by atoms with Gasteiger partial charge in [0, 0.05) is 9.85 Å². The third-order valence-corrected chi connectivity index (χ3v) is 4.48. The quantitative estimate of drug-likeness (QED) is 0.675. The standard InChI is InChI=1S/C14H18BrCl/c15-13-8-4-5-11(9-13)10-14(16)12-6-2-1-3-7-12/h4-5,8-9,12,14H,1-3,6-7,10H2. The maximum absolute atomic E-state index is 6.53. The first-order valence-corrected chi connectivity index (χ1v) is 7.37. The van der Waals surface area contributed by atoms with Crippen LogP contribution in [0.4, 0.5) is 0 Å². The lowest BCUT2D eigenvalue weighted by Gasteiger charge is -2.26. The second-order valence-corrected chi connectivity index (χ2v) is 6.22. The third-order valence-electron chi connectivity index (χ3n) is 3.48. The summed E-state index contributed by atoms with van der Waals surface area (Å²) in [6, 6.07) is 8.50. The van der Waals surface area contributed by atoms with Gasteiger partial charge in [0.1, 0.15) is 0 Å². The van der Waals surface area contributed by atoms with Crippen molar-refractivity contribution in [3.8, 4) is 0 Å². The van der Waals surface area contributed by atoms with E-state index in [1.807, 2.05) is 0 Å². The van der Waals surface area contributed by atoms with E-state index in [9.17, 15) is 0 Å². The van der Waals surface area contributed by atoms with E-state index >= 15 is 0 Å². The predicted octanol–water partition coefficient (Wildman–Crippen LogP) is 5.18. The van der Waals surface area contributed by atoms with Crippen molar-refractivity contribution in [2.45, 2.75) is 43.9 Å². The Balaban J connectivity index is 1.93. The fourth-order valence-electron chi connectivity index (χ4n) is 2.55. The summed E-state index contributed by atoms with van der Waals surface area (Å²) >= 11 is 10.0. The van der Waals surface area contributed by atoms with Gasteiger partial charge in [-0.2, -0.15) is 0 Å². The highest BCUT2D eigenvalue weighted by atomic mass is 79.9. The van der Waals surface area contributed by atoms with Crippen molar-refractivity contribution in [2.24, 2.45) is 5.92 Å². The highest BCUT2D eigenvalue weighted by molar-refractivity contribution is 9.10. The number of hydrogen-bond acceptors (Lipinski definition) is 0. The first-order chi connectivity index (χ1) is 7.75. The molecule has 0 saturated heterocycles. The Labute approximate surface area is 112 Å². The molecule has 0 amide bonds. The van der Waals surface area contributed by atoms with Gasteiger partial charge in [-0.15, -0.1) is 11.6 Å². The molecular formula is C14H18BrCl. The fourth-order valence-corrected chi connectivity index (χ4v) is 3.43. The minimum atomic E-state index is 0.314. The van der Waals surface area contributed by atoms with Gasteiger partial charge in [-0.3, -0.25) is 0 Å². The number of hydrogen-bond donors (Lipinski definition) is 0. The molecule has 0 heterocycles. The van der Waals surface area contributed by atoms with Crippen LogP contribution in [0.2, 0.25) is 0 Å². The molecule has 0 radical (unpaired) electrons. The lowest BCUT2D eigenvalue weighted by Crippen LogP contribution is -2.20. The smallest absolute Gasteiger partial charge is 0.0404 e. The summed E-state index contributed by atoms with van der Waals surface area (Å²) in [7, 11) is 0. The minimum Gasteiger partial charge on any atom is -0.122 e. The largest absolute Gasteiger partial charge is 0.122 e. The van der Waals surface area contributed by atoms with Gasteiger partial charge in [0.15, 0.2) is 0 Å². The Morgan fingerprint density at radius 1 is 1.25 bits per heavy atom. The Morgan fingerprint density at radius 3 is 2.69 bits per heavy atom. The summed E-state index contributed by atoms with van der Waals surface area (Å²) in [6.07, 6.45) is 7.78. The Hall–Kier alpha value is -0.0100. The van der Waals surface area contributed by atoms with Crippen LogP contribution < -0.4 is 0 Å². The van der Waals surface area contributed by atoms with Crippen LogP contribution >= 0.6 is 27.5 Å². The molecule has 1 aliphatic rings. The summed E-state index contributed by atoms with van der Waals surface area (Å²) < 4.78 is 1.15. The summed E-state index contributed by atoms with van der Waals surface area (Å²) in [5.74, 6) is 0.731. The zero-order valence-corrected chi connectivity index (χ0v) is 11.8. The Bertz CT molecular complexity index is 331. The van der Waals surface area contributed by atoms with E-state index in [2.05, 4.69) is 40.2 Å². The predicted molar refractivity (Wildman–Crippen MR) is 74.1 cm³/mol. The number of rotatable bonds is 3. The molecule has 0 bridgehead atoms. The van der Waals surface area contributed by atoms with Crippen LogP contribution in [0.25, 0.3) is 0 Å². The van der Waals surface area contributed by atoms with Crippen LogP contribution in [0, 0.1) is 5.92 Å². The molecule has 1 aromatic rings. The summed E-state index contributed by atoms with van der Waals surface area (Å²) in [5.41, 5.74) is 1.35. The van der Waals surface area contributed by atoms with Crippen LogP contribution in [0.3, 0.4) is 0 Å². The summed E-state index contributed by atoms with van der Waals surface area (Å²) in [5, 5.41) is 0.314. The summed E-state index contributed by atoms with van der Waals surface area (Å²) in [6.45, 7) is 0. The lowest BCUT2D eigenvalue weighted by atomic mass is 9.85. The van der Waals surface area contributed by atoms with Gasteiger partial charge in [0.2, 0.25) is 0 Å². The molecule has 16 heavy (non-hydrogen) atoms. The van der Waals surface area contributed by atoms with E-state index in [0.717, 1.165) is 16.8 Å². The van der Waals surface area contributed by atoms with Gasteiger partial charge in [0.25, 0.3) is 0 Å². The van der Waals surface area contributed by atoms with Gasteiger partial charge in [-0.05, 0) is 42.9 Å². The molecule has 1 aliphatic carbocycles. The van der Waals surface area contributed by atoms with Crippen molar-refractivity contribution in [2.75, 3.05) is 0 Å². The molecule has 1 aromatic carbocycles. The molecule has 2 rings (SSSR count). The minimum absolute atomic E-state index is 0.314. The molecule has 1 atom stereocenters. The van der Waals surface area contributed by atoms with Crippen LogP contribution in [0.15, 0.2) is 28.7 Å². The third kappa shape index (κ3) is 3.49. The second-order valence-electron chi connectivity index (χ2n) is 4.75. The molecule has 0 spiro atoms. The average Bonchev–Trinajstić information content (AvgIpc) is 2.30. The van der Waals surface area contributed by atoms with Crippen molar-refractivity contribution >= 4 is 27.5 Å². The highest BCUT2D eigenvalue weighted by Crippen LogP contribution is 2.31. The van der Waals surface area contributed by atoms with Crippen LogP contribution in [0.1, 0.15) is 37.7 Å². The average molecular weight is 302 g/mol. The zero-order chi connectivity index (χ0) is 11.4. The molecular weight excluding hydrogens is 284 g/mol. The van der Waals surface area contributed by atoms with Gasteiger partial charge in [-0.25, -0.2) is 0 Å². The molecule has 0 N–H and O–H groups in total. The van der Waals surface area contributed by atoms with E-state index < -0.39 is 0 Å². The number of benzene rings is 1. The van der Waals surface area contributed by atoms with Gasteiger partial charge in [0.05, 0.1) is 0 Å². The van der Waals surface area contributed by atoms with Crippen molar-refractivity contribution in [3.05, 3.63) is 34.3 Å². The van der Waals surface area contributed by atoms with Crippen LogP contribution in [0.5, 0.6) is 0 Å². The monoisotopic (exact) mass is 300 g/mol. The molecule has 88 valence electrons. The Kier molecular flexibility index (Phi) is 4.72. The zero-order valence-electron chi connectivity index (χ0n) is 9.46. The van der Waals surface area contributed by atoms with Crippen molar-refractivity contribution in [1.82, 2.24) is 0 Å². The number of alkyl halides is 1. The molecule has 1 saturated carbocycles. The van der Waals surface area contributed by atoms with Gasteiger partial charge < -0.3 is 0 Å². The van der Waals surface area contributed by atoms with Crippen molar-refractivity contribution in [1.29, 1.82) is 0 Å². The van der Waals surface area contributed by atoms with E-state index in [0.29, 0.717) is 5.38 Å². The summed E-state index contributed by atoms with van der Waals surface area (Å²) in [4.78, 5) is 0. The second kappa shape index (κ2) is 6.07. The van der Waals surface area contributed by atoms with Crippen LogP contribution in [-0.4, -0.2) is 5.38 Å². The molecule has 2 heteroatoms. The molecule has 0 aliphatic heterocycles. The molecule has 0 nitrogen and oxygen atoms in total. The topological polar surface area (TPSA) is 0 Å². The van der Waals surface area contributed by atoms with E-state index in [1.165, 1.54) is 37.7 Å². The van der Waals surface area contributed by atoms with E-state index in [4.69, 9.17) is 11.6 Å². The maximum atomic E-state index is 6.53. The lowest BCUT2D eigenvalue weighted by molar-refractivity contribution is 0.344. The van der Waals surface area contributed by atoms with Gasteiger partial charge >= 0.3 is 0 Å². The molecule has 1 fully saturated rings. The fraction of sp³-hybridized carbons (Fsp3) is 0.571. The van der Waals surface area contributed by atoms with E-state index in [1.54, 1.807) is 0 Å². The van der Waals surface area contributed by atoms with E-state index in [-0.39, 0.29) is 0 Å². The molecule has 0 aromatic heterocycles. The SMILES string of the molecule is ClC(Cc1cccc(Br)c1)C1CCCCC1. The highest BCUT2D eigenvalue weighted by Gasteiger charge is 2.21. The first-order valence-electron chi connectivity index (χ1n) is 6.14. The maximum Gasteiger partial charge on any atom is 0.0404 e. The van der Waals surface area contributed by atoms with Crippen molar-refractivity contribution in [3.63, 3.8) is 0 Å². The normalized spacial score (nSPS) is 19.6. The number of halogens is 2. The Morgan fingerprint density at radius 2 is 2.00 bits per heavy atom.